The first kappa shape index (κ1) is 50.6. The second-order valence-electron chi connectivity index (χ2n) is 21.6. The quantitative estimate of drug-likeness (QED) is 0.0743. The third kappa shape index (κ3) is 8.98. The van der Waals surface area contributed by atoms with E-state index in [9.17, 15) is 0 Å². The molecular formula is C78H54I2N4. The van der Waals surface area contributed by atoms with E-state index in [1.165, 1.54) is 68.3 Å². The second kappa shape index (κ2) is 21.6. The van der Waals surface area contributed by atoms with Gasteiger partial charge >= 0.3 is 351 Å². The van der Waals surface area contributed by atoms with Gasteiger partial charge in [0, 0.05) is 11.1 Å². The fourth-order valence-electron chi connectivity index (χ4n) is 12.9. The Morgan fingerprint density at radius 1 is 0.393 bits per heavy atom. The molecule has 13 aromatic rings. The number of allylic oxidation sites excluding steroid dienone is 4. The van der Waals surface area contributed by atoms with Crippen molar-refractivity contribution in [3.05, 3.63) is 355 Å². The first-order valence-corrected chi connectivity index (χ1v) is 34.5. The summed E-state index contributed by atoms with van der Waals surface area (Å²) in [6, 6.07) is 103. The van der Waals surface area contributed by atoms with E-state index in [4.69, 9.17) is 9.98 Å². The van der Waals surface area contributed by atoms with Crippen molar-refractivity contribution in [2.45, 2.75) is 5.92 Å². The van der Waals surface area contributed by atoms with E-state index in [1.807, 2.05) is 0 Å². The average Bonchev–Trinajstić information content (AvgIpc) is 3.13. The molecule has 2 atom stereocenters. The van der Waals surface area contributed by atoms with E-state index in [-0.39, 0.29) is 0 Å². The van der Waals surface area contributed by atoms with Gasteiger partial charge in [0.05, 0.1) is 0 Å². The number of benzene rings is 11. The first-order valence-electron chi connectivity index (χ1n) is 28.7. The van der Waals surface area contributed by atoms with Gasteiger partial charge in [0.1, 0.15) is 3.72 Å². The molecule has 2 aromatic heterocycles. The third-order valence-electron chi connectivity index (χ3n) is 16.7. The first-order chi connectivity index (χ1) is 41.7. The van der Waals surface area contributed by atoms with Crippen LogP contribution in [0.2, 0.25) is 0 Å². The molecule has 4 nitrogen and oxygen atoms in total. The Hall–Kier alpha value is -9.09. The fourth-order valence-corrected chi connectivity index (χ4v) is 22.1. The molecule has 6 heteroatoms. The number of hydrogen-bond acceptors (Lipinski definition) is 2. The molecule has 400 valence electrons. The molecule has 0 radical (unpaired) electrons. The van der Waals surface area contributed by atoms with Crippen molar-refractivity contribution in [2.75, 3.05) is 4.43 Å². The van der Waals surface area contributed by atoms with Crippen LogP contribution >= 0.6 is 40.6 Å². The Morgan fingerprint density at radius 3 is 1.51 bits per heavy atom. The standard InChI is InChI=1S/C78H54I2N4/c1-3-20-55(21-4-1)76-79-77(82-78(81-76)57-22-5-2-6-23-57)56-40-38-52(39-41-56)75(58-25-19-26-62(50-58)84-72-36-17-12-31-67(72)68-32-13-18-37-73(68)84)74(54-44-48-61(49-45-54)83-70-34-15-10-29-65(70)66-30-11-16-35-71(66)83)53-42-46-60(47-43-53)80-51-59-24-7-8-27-63(59)64-28-9-14-33-69(64)80/h1-50,59,63H,51H2/b75-74+. The van der Waals surface area contributed by atoms with Crippen LogP contribution in [0.1, 0.15) is 50.4 Å². The van der Waals surface area contributed by atoms with E-state index < -0.39 is 40.6 Å². The Bertz CT molecular complexity index is 4760. The Morgan fingerprint density at radius 2 is 0.893 bits per heavy atom. The number of halogens is 2. The van der Waals surface area contributed by atoms with Gasteiger partial charge < -0.3 is 0 Å². The SMILES string of the molecule is C1=CC2CI(c3ccc(/C(=C(/c4ccc(C5=IC(c6ccccc6)=NC(c6ccccc6)=N5)cc4)c4cccc(-n5c6ccccc6c6ccccc65)c4)c4ccc(-n5c6ccccc6c6ccccc65)cc4)cc3)c3ccccc3C2C=C1. The molecular weight excluding hydrogens is 1250 g/mol. The maximum atomic E-state index is 5.38. The number of para-hydroxylation sites is 4. The van der Waals surface area contributed by atoms with Crippen LogP contribution in [-0.4, -0.2) is 26.7 Å². The van der Waals surface area contributed by atoms with Crippen molar-refractivity contribution < 1.29 is 0 Å². The van der Waals surface area contributed by atoms with E-state index >= 15 is 0 Å². The van der Waals surface area contributed by atoms with Gasteiger partial charge in [-0.25, -0.2) is 4.99 Å². The molecule has 16 rings (SSSR count). The fraction of sp³-hybridized carbons (Fsp3) is 0.0385. The summed E-state index contributed by atoms with van der Waals surface area (Å²) in [5.74, 6) is 1.72. The topological polar surface area (TPSA) is 34.6 Å². The molecule has 2 aliphatic heterocycles. The van der Waals surface area contributed by atoms with Crippen LogP contribution in [0.4, 0.5) is 0 Å². The summed E-state index contributed by atoms with van der Waals surface area (Å²) in [4.78, 5) is 10.6. The number of rotatable bonds is 10. The van der Waals surface area contributed by atoms with Crippen molar-refractivity contribution in [1.29, 1.82) is 0 Å². The van der Waals surface area contributed by atoms with Gasteiger partial charge in [0.15, 0.2) is 5.84 Å². The predicted octanol–water partition coefficient (Wildman–Crippen LogP) is 19.6. The summed E-state index contributed by atoms with van der Waals surface area (Å²) in [6.45, 7) is 0. The Balaban J connectivity index is 0.912. The number of fused-ring (bicyclic) bond motifs is 9. The molecule has 0 N–H and O–H groups in total. The summed E-state index contributed by atoms with van der Waals surface area (Å²) in [5.41, 5.74) is 18.7. The number of alkyl halides is 1. The van der Waals surface area contributed by atoms with Crippen LogP contribution in [0.15, 0.2) is 313 Å². The van der Waals surface area contributed by atoms with Crippen LogP contribution in [0, 0.1) is 13.1 Å². The van der Waals surface area contributed by atoms with Crippen molar-refractivity contribution in [3.63, 3.8) is 0 Å². The summed E-state index contributed by atoms with van der Waals surface area (Å²) in [7, 11) is 0. The normalized spacial score (nSPS) is 16.4. The molecule has 0 bridgehead atoms. The number of amidine groups is 1. The van der Waals surface area contributed by atoms with Gasteiger partial charge in [-0.2, -0.15) is 0 Å². The van der Waals surface area contributed by atoms with Crippen molar-refractivity contribution >= 4 is 108 Å². The molecule has 0 saturated heterocycles. The summed E-state index contributed by atoms with van der Waals surface area (Å²) in [5, 5.41) is 4.99. The van der Waals surface area contributed by atoms with Crippen molar-refractivity contribution in [2.24, 2.45) is 15.9 Å². The van der Waals surface area contributed by atoms with Crippen LogP contribution in [-0.2, 0) is 0 Å². The van der Waals surface area contributed by atoms with Gasteiger partial charge in [0.25, 0.3) is 0 Å². The molecule has 0 spiro atoms. The minimum absolute atomic E-state index is 0.446. The molecule has 4 heterocycles. The Labute approximate surface area is 506 Å². The van der Waals surface area contributed by atoms with Crippen LogP contribution in [0.3, 0.4) is 0 Å². The zero-order valence-electron chi connectivity index (χ0n) is 45.8. The summed E-state index contributed by atoms with van der Waals surface area (Å²) in [6.07, 6.45) is 9.40. The van der Waals surface area contributed by atoms with Gasteiger partial charge in [-0.05, 0) is 0 Å². The molecule has 84 heavy (non-hydrogen) atoms. The monoisotopic (exact) mass is 1300 g/mol. The molecule has 0 saturated carbocycles. The van der Waals surface area contributed by atoms with Crippen LogP contribution in [0.5, 0.6) is 0 Å². The zero-order chi connectivity index (χ0) is 55.5. The minimum atomic E-state index is -1.83. The van der Waals surface area contributed by atoms with Gasteiger partial charge in [0.2, 0.25) is 0 Å². The van der Waals surface area contributed by atoms with E-state index in [1.54, 1.807) is 3.57 Å². The Kier molecular flexibility index (Phi) is 13.0. The molecule has 3 aliphatic rings. The van der Waals surface area contributed by atoms with E-state index in [0.717, 1.165) is 63.5 Å². The third-order valence-corrected chi connectivity index (χ3v) is 26.0. The zero-order valence-corrected chi connectivity index (χ0v) is 50.1. The number of aliphatic imine (C=N–C) groups is 2. The van der Waals surface area contributed by atoms with Crippen molar-refractivity contribution in [1.82, 2.24) is 9.13 Å². The summed E-state index contributed by atoms with van der Waals surface area (Å²) < 4.78 is 11.4. The van der Waals surface area contributed by atoms with Crippen LogP contribution in [0.25, 0.3) is 66.1 Å². The molecule has 0 fully saturated rings. The average molecular weight is 1300 g/mol. The van der Waals surface area contributed by atoms with Gasteiger partial charge in [-0.3, -0.25) is 0 Å². The van der Waals surface area contributed by atoms with Gasteiger partial charge in [-0.1, -0.05) is 133 Å². The molecule has 11 aromatic carbocycles. The number of nitrogens with zero attached hydrogens (tertiary/aromatic N) is 4. The van der Waals surface area contributed by atoms with E-state index in [0.29, 0.717) is 11.8 Å². The summed E-state index contributed by atoms with van der Waals surface area (Å²) >= 11 is -2.55. The van der Waals surface area contributed by atoms with Crippen LogP contribution < -0.4 is 0 Å². The van der Waals surface area contributed by atoms with Crippen molar-refractivity contribution in [3.8, 4) is 11.4 Å². The second-order valence-corrected chi connectivity index (χ2v) is 29.6. The number of hydrogen-bond donors (Lipinski definition) is 0. The maximum absolute atomic E-state index is 5.38. The predicted molar refractivity (Wildman–Crippen MR) is 371 cm³/mol. The molecule has 0 amide bonds. The number of aromatic nitrogens is 2. The van der Waals surface area contributed by atoms with Gasteiger partial charge in [-0.15, -0.1) is 0 Å². The molecule has 1 aliphatic carbocycles. The van der Waals surface area contributed by atoms with E-state index in [2.05, 4.69) is 312 Å². The molecule has 2 unspecified atom stereocenters.